The lowest BCUT2D eigenvalue weighted by Crippen LogP contribution is -2.05. The van der Waals surface area contributed by atoms with Crippen LogP contribution in [0.2, 0.25) is 5.02 Å². The molecule has 0 bridgehead atoms. The highest BCUT2D eigenvalue weighted by Crippen LogP contribution is 2.29. The monoisotopic (exact) mass is 368 g/mol. The third kappa shape index (κ3) is 3.95. The van der Waals surface area contributed by atoms with Crippen molar-refractivity contribution < 1.29 is 9.90 Å². The van der Waals surface area contributed by atoms with Crippen LogP contribution in [0.25, 0.3) is 0 Å². The Balaban J connectivity index is 2.43. The number of halogens is 2. The molecule has 1 heterocycles. The number of hydrogen-bond acceptors (Lipinski definition) is 3. The van der Waals surface area contributed by atoms with Gasteiger partial charge in [0.25, 0.3) is 0 Å². The minimum Gasteiger partial charge on any atom is -0.478 e. The van der Waals surface area contributed by atoms with Crippen molar-refractivity contribution in [3.8, 4) is 0 Å². The molecule has 0 amide bonds. The number of hydrogen-bond donors (Lipinski definition) is 2. The molecule has 0 aliphatic carbocycles. The summed E-state index contributed by atoms with van der Waals surface area (Å²) in [5, 5.41) is 12.9. The summed E-state index contributed by atoms with van der Waals surface area (Å²) in [4.78, 5) is 15.7. The van der Waals surface area contributed by atoms with Gasteiger partial charge in [-0.3, -0.25) is 0 Å². The Morgan fingerprint density at radius 2 is 2.05 bits per heavy atom. The molecule has 1 aromatic heterocycles. The lowest BCUT2D eigenvalue weighted by atomic mass is 10.1. The van der Waals surface area contributed by atoms with Crippen molar-refractivity contribution >= 4 is 45.0 Å². The molecule has 0 aliphatic heterocycles. The van der Waals surface area contributed by atoms with Crippen molar-refractivity contribution in [2.24, 2.45) is 0 Å². The zero-order valence-corrected chi connectivity index (χ0v) is 13.9. The van der Waals surface area contributed by atoms with Gasteiger partial charge in [-0.25, -0.2) is 9.78 Å². The molecule has 6 heteroatoms. The molecular formula is C15H14BrClN2O2. The molecule has 0 spiro atoms. The normalized spacial score (nSPS) is 10.7. The number of anilines is 2. The highest BCUT2D eigenvalue weighted by Gasteiger charge is 2.12. The third-order valence-corrected chi connectivity index (χ3v) is 3.80. The Morgan fingerprint density at radius 3 is 2.67 bits per heavy atom. The maximum absolute atomic E-state index is 11.2. The van der Waals surface area contributed by atoms with Crippen LogP contribution >= 0.6 is 27.5 Å². The van der Waals surface area contributed by atoms with Gasteiger partial charge < -0.3 is 10.4 Å². The number of nitrogens with zero attached hydrogens (tertiary/aromatic N) is 1. The molecule has 0 unspecified atom stereocenters. The predicted molar refractivity (Wildman–Crippen MR) is 87.7 cm³/mol. The van der Waals surface area contributed by atoms with E-state index < -0.39 is 5.97 Å². The standard InChI is InChI=1S/C15H14BrClN2O2/c1-8(2)12-5-9(15(20)21)6-14(18-12)19-13-7-10(17)3-4-11(13)16/h3-8H,1-2H3,(H,18,19)(H,20,21). The molecule has 0 fully saturated rings. The van der Waals surface area contributed by atoms with Gasteiger partial charge in [-0.2, -0.15) is 0 Å². The fourth-order valence-corrected chi connectivity index (χ4v) is 2.28. The van der Waals surface area contributed by atoms with Crippen LogP contribution in [0.3, 0.4) is 0 Å². The molecule has 2 aromatic rings. The summed E-state index contributed by atoms with van der Waals surface area (Å²) in [5.74, 6) is -0.373. The summed E-state index contributed by atoms with van der Waals surface area (Å²) in [6, 6.07) is 8.41. The number of rotatable bonds is 4. The maximum Gasteiger partial charge on any atom is 0.335 e. The fraction of sp³-hybridized carbons (Fsp3) is 0.200. The summed E-state index contributed by atoms with van der Waals surface area (Å²) < 4.78 is 0.820. The Morgan fingerprint density at radius 1 is 1.33 bits per heavy atom. The van der Waals surface area contributed by atoms with Crippen molar-refractivity contribution in [3.05, 3.63) is 51.1 Å². The van der Waals surface area contributed by atoms with Crippen molar-refractivity contribution in [2.75, 3.05) is 5.32 Å². The van der Waals surface area contributed by atoms with Crippen LogP contribution in [0.1, 0.15) is 35.8 Å². The summed E-state index contributed by atoms with van der Waals surface area (Å²) in [7, 11) is 0. The van der Waals surface area contributed by atoms with Crippen LogP contribution in [0, 0.1) is 0 Å². The molecule has 21 heavy (non-hydrogen) atoms. The van der Waals surface area contributed by atoms with Gasteiger partial charge in [0.15, 0.2) is 0 Å². The van der Waals surface area contributed by atoms with Crippen molar-refractivity contribution in [1.82, 2.24) is 4.98 Å². The molecule has 4 nitrogen and oxygen atoms in total. The lowest BCUT2D eigenvalue weighted by molar-refractivity contribution is 0.0696. The Bertz CT molecular complexity index is 689. The van der Waals surface area contributed by atoms with E-state index in [0.717, 1.165) is 15.9 Å². The summed E-state index contributed by atoms with van der Waals surface area (Å²) in [6.07, 6.45) is 0. The highest BCUT2D eigenvalue weighted by atomic mass is 79.9. The van der Waals surface area contributed by atoms with E-state index >= 15 is 0 Å². The van der Waals surface area contributed by atoms with Gasteiger partial charge in [0, 0.05) is 15.2 Å². The average Bonchev–Trinajstić information content (AvgIpc) is 2.42. The third-order valence-electron chi connectivity index (χ3n) is 2.87. The van der Waals surface area contributed by atoms with E-state index in [1.54, 1.807) is 18.2 Å². The Labute approximate surface area is 136 Å². The first-order chi connectivity index (χ1) is 9.86. The fourth-order valence-electron chi connectivity index (χ4n) is 1.77. The van der Waals surface area contributed by atoms with Crippen LogP contribution in [-0.4, -0.2) is 16.1 Å². The van der Waals surface area contributed by atoms with Crippen LogP contribution < -0.4 is 5.32 Å². The Hall–Kier alpha value is -1.59. The zero-order chi connectivity index (χ0) is 15.6. The van der Waals surface area contributed by atoms with Crippen molar-refractivity contribution in [1.29, 1.82) is 0 Å². The minimum absolute atomic E-state index is 0.132. The van der Waals surface area contributed by atoms with Crippen LogP contribution in [0.5, 0.6) is 0 Å². The van der Waals surface area contributed by atoms with Gasteiger partial charge in [-0.1, -0.05) is 25.4 Å². The van der Waals surface area contributed by atoms with E-state index in [0.29, 0.717) is 10.8 Å². The first kappa shape index (κ1) is 15.8. The first-order valence-electron chi connectivity index (χ1n) is 6.34. The minimum atomic E-state index is -0.979. The van der Waals surface area contributed by atoms with Crippen molar-refractivity contribution in [3.63, 3.8) is 0 Å². The van der Waals surface area contributed by atoms with Crippen LogP contribution in [0.4, 0.5) is 11.5 Å². The predicted octanol–water partition coefficient (Wildman–Crippen LogP) is 5.06. The van der Waals surface area contributed by atoms with E-state index in [-0.39, 0.29) is 11.5 Å². The number of nitrogens with one attached hydrogen (secondary N) is 1. The molecule has 2 rings (SSSR count). The average molecular weight is 370 g/mol. The second-order valence-electron chi connectivity index (χ2n) is 4.87. The molecule has 0 saturated heterocycles. The zero-order valence-electron chi connectivity index (χ0n) is 11.5. The van der Waals surface area contributed by atoms with Crippen LogP contribution in [-0.2, 0) is 0 Å². The molecule has 0 saturated carbocycles. The van der Waals surface area contributed by atoms with Gasteiger partial charge in [-0.15, -0.1) is 0 Å². The summed E-state index contributed by atoms with van der Waals surface area (Å²) in [6.45, 7) is 3.93. The lowest BCUT2D eigenvalue weighted by Gasteiger charge is -2.12. The number of carbonyl (C=O) groups is 1. The second kappa shape index (κ2) is 6.45. The van der Waals surface area contributed by atoms with Gasteiger partial charge in [-0.05, 0) is 52.2 Å². The number of aromatic carboxylic acids is 1. The van der Waals surface area contributed by atoms with Gasteiger partial charge >= 0.3 is 5.97 Å². The van der Waals surface area contributed by atoms with E-state index in [1.165, 1.54) is 6.07 Å². The maximum atomic E-state index is 11.2. The summed E-state index contributed by atoms with van der Waals surface area (Å²) in [5.41, 5.74) is 1.65. The van der Waals surface area contributed by atoms with Gasteiger partial charge in [0.05, 0.1) is 11.3 Å². The van der Waals surface area contributed by atoms with E-state index in [2.05, 4.69) is 26.2 Å². The SMILES string of the molecule is CC(C)c1cc(C(=O)O)cc(Nc2cc(Cl)ccc2Br)n1. The molecular weight excluding hydrogens is 356 g/mol. The van der Waals surface area contributed by atoms with Gasteiger partial charge in [0.1, 0.15) is 5.82 Å². The smallest absolute Gasteiger partial charge is 0.335 e. The highest BCUT2D eigenvalue weighted by molar-refractivity contribution is 9.10. The molecule has 2 N–H and O–H groups in total. The molecule has 1 aromatic carbocycles. The molecule has 0 atom stereocenters. The van der Waals surface area contributed by atoms with E-state index in [1.807, 2.05) is 19.9 Å². The van der Waals surface area contributed by atoms with Crippen LogP contribution in [0.15, 0.2) is 34.8 Å². The number of pyridine rings is 1. The second-order valence-corrected chi connectivity index (χ2v) is 6.17. The molecule has 110 valence electrons. The molecule has 0 radical (unpaired) electrons. The quantitative estimate of drug-likeness (QED) is 0.790. The number of carboxylic acids is 1. The van der Waals surface area contributed by atoms with E-state index in [9.17, 15) is 9.90 Å². The largest absolute Gasteiger partial charge is 0.478 e. The number of benzene rings is 1. The topological polar surface area (TPSA) is 62.2 Å². The van der Waals surface area contributed by atoms with Crippen molar-refractivity contribution in [2.45, 2.75) is 19.8 Å². The number of carboxylic acid groups (broad SMARTS) is 1. The summed E-state index contributed by atoms with van der Waals surface area (Å²) >= 11 is 9.39. The number of aromatic nitrogens is 1. The van der Waals surface area contributed by atoms with Gasteiger partial charge in [0.2, 0.25) is 0 Å². The molecule has 0 aliphatic rings. The first-order valence-corrected chi connectivity index (χ1v) is 7.51. The van der Waals surface area contributed by atoms with E-state index in [4.69, 9.17) is 11.6 Å². The Kier molecular flexibility index (Phi) is 4.85.